The number of aryl methyl sites for hydroxylation is 1. The average Bonchev–Trinajstić information content (AvgIpc) is 3.25. The number of carbonyl (C=O) groups is 1. The summed E-state index contributed by atoms with van der Waals surface area (Å²) in [6.07, 6.45) is 0. The third-order valence-corrected chi connectivity index (χ3v) is 6.08. The fourth-order valence-electron chi connectivity index (χ4n) is 3.09. The summed E-state index contributed by atoms with van der Waals surface area (Å²) in [5.41, 5.74) is 3.32. The van der Waals surface area contributed by atoms with Gasteiger partial charge in [-0.2, -0.15) is 0 Å². The van der Waals surface area contributed by atoms with Crippen molar-refractivity contribution in [3.05, 3.63) is 101 Å². The van der Waals surface area contributed by atoms with Gasteiger partial charge in [0.25, 0.3) is 5.91 Å². The van der Waals surface area contributed by atoms with Crippen LogP contribution in [0.1, 0.15) is 17.0 Å². The fraction of sp³-hybridized carbons (Fsp3) is 0.160. The standard InChI is InChI=1S/C25H23ClN4O2S/c1-18-7-11-21(12-8-18)30-23(28-29-25(30)33-17-19-5-3-2-4-6-19)15-27-24(31)16-32-22-13-9-20(26)10-14-22/h2-14H,15-17H2,1H3,(H,27,31). The Kier molecular flexibility index (Phi) is 7.65. The van der Waals surface area contributed by atoms with Gasteiger partial charge in [-0.25, -0.2) is 0 Å². The second kappa shape index (κ2) is 11.0. The van der Waals surface area contributed by atoms with Gasteiger partial charge < -0.3 is 10.1 Å². The van der Waals surface area contributed by atoms with Crippen molar-refractivity contribution in [2.24, 2.45) is 0 Å². The Morgan fingerprint density at radius 2 is 1.73 bits per heavy atom. The number of nitrogens with zero attached hydrogens (tertiary/aromatic N) is 3. The van der Waals surface area contributed by atoms with E-state index < -0.39 is 0 Å². The van der Waals surface area contributed by atoms with E-state index in [1.165, 1.54) is 11.1 Å². The molecular weight excluding hydrogens is 456 g/mol. The van der Waals surface area contributed by atoms with Crippen molar-refractivity contribution in [2.45, 2.75) is 24.4 Å². The summed E-state index contributed by atoms with van der Waals surface area (Å²) in [6.45, 7) is 2.17. The topological polar surface area (TPSA) is 69.0 Å². The van der Waals surface area contributed by atoms with E-state index in [0.717, 1.165) is 16.6 Å². The zero-order valence-corrected chi connectivity index (χ0v) is 19.6. The second-order valence-electron chi connectivity index (χ2n) is 7.36. The van der Waals surface area contributed by atoms with Gasteiger partial charge in [0.1, 0.15) is 5.75 Å². The van der Waals surface area contributed by atoms with Crippen molar-refractivity contribution in [1.29, 1.82) is 0 Å². The number of amides is 1. The number of carbonyl (C=O) groups excluding carboxylic acids is 1. The van der Waals surface area contributed by atoms with E-state index in [9.17, 15) is 4.79 Å². The molecule has 0 radical (unpaired) electrons. The Hall–Kier alpha value is -3.29. The Balaban J connectivity index is 1.44. The van der Waals surface area contributed by atoms with E-state index >= 15 is 0 Å². The minimum Gasteiger partial charge on any atom is -0.484 e. The largest absolute Gasteiger partial charge is 0.484 e. The molecule has 0 aliphatic heterocycles. The molecule has 0 fully saturated rings. The third-order valence-electron chi connectivity index (χ3n) is 4.83. The van der Waals surface area contributed by atoms with Gasteiger partial charge in [0.15, 0.2) is 17.6 Å². The molecule has 1 heterocycles. The molecular formula is C25H23ClN4O2S. The maximum absolute atomic E-state index is 12.3. The minimum atomic E-state index is -0.248. The van der Waals surface area contributed by atoms with Gasteiger partial charge in [-0.3, -0.25) is 9.36 Å². The molecule has 6 nitrogen and oxygen atoms in total. The fourth-order valence-corrected chi connectivity index (χ4v) is 4.14. The number of hydrogen-bond donors (Lipinski definition) is 1. The van der Waals surface area contributed by atoms with Crippen molar-refractivity contribution < 1.29 is 9.53 Å². The van der Waals surface area contributed by atoms with Crippen LogP contribution in [0.25, 0.3) is 5.69 Å². The predicted molar refractivity (Wildman–Crippen MR) is 131 cm³/mol. The van der Waals surface area contributed by atoms with Crippen LogP contribution in [0.3, 0.4) is 0 Å². The van der Waals surface area contributed by atoms with Gasteiger partial charge in [0.05, 0.1) is 6.54 Å². The molecule has 1 aromatic heterocycles. The lowest BCUT2D eigenvalue weighted by atomic mass is 10.2. The Bertz CT molecular complexity index is 1200. The molecule has 33 heavy (non-hydrogen) atoms. The number of halogens is 1. The molecule has 0 saturated heterocycles. The van der Waals surface area contributed by atoms with Crippen molar-refractivity contribution in [2.75, 3.05) is 6.61 Å². The highest BCUT2D eigenvalue weighted by Crippen LogP contribution is 2.25. The molecule has 0 aliphatic carbocycles. The number of thioether (sulfide) groups is 1. The van der Waals surface area contributed by atoms with Crippen LogP contribution in [0.5, 0.6) is 5.75 Å². The number of ether oxygens (including phenoxy) is 1. The number of aromatic nitrogens is 3. The normalized spacial score (nSPS) is 10.7. The van der Waals surface area contributed by atoms with Crippen LogP contribution in [-0.2, 0) is 17.1 Å². The molecule has 0 aliphatic rings. The van der Waals surface area contributed by atoms with Gasteiger partial charge in [0, 0.05) is 16.5 Å². The molecule has 8 heteroatoms. The lowest BCUT2D eigenvalue weighted by Crippen LogP contribution is -2.29. The summed E-state index contributed by atoms with van der Waals surface area (Å²) in [7, 11) is 0. The summed E-state index contributed by atoms with van der Waals surface area (Å²) in [6, 6.07) is 25.2. The van der Waals surface area contributed by atoms with E-state index in [1.54, 1.807) is 36.0 Å². The molecule has 0 unspecified atom stereocenters. The van der Waals surface area contributed by atoms with E-state index in [2.05, 4.69) is 27.6 Å². The minimum absolute atomic E-state index is 0.101. The van der Waals surface area contributed by atoms with Crippen molar-refractivity contribution >= 4 is 29.3 Å². The smallest absolute Gasteiger partial charge is 0.258 e. The van der Waals surface area contributed by atoms with Crippen LogP contribution in [0.4, 0.5) is 0 Å². The van der Waals surface area contributed by atoms with Gasteiger partial charge >= 0.3 is 0 Å². The molecule has 0 saturated carbocycles. The highest BCUT2D eigenvalue weighted by molar-refractivity contribution is 7.98. The molecule has 3 aromatic carbocycles. The highest BCUT2D eigenvalue weighted by atomic mass is 35.5. The highest BCUT2D eigenvalue weighted by Gasteiger charge is 2.16. The molecule has 0 bridgehead atoms. The molecule has 4 aromatic rings. The number of rotatable bonds is 9. The lowest BCUT2D eigenvalue weighted by molar-refractivity contribution is -0.123. The third kappa shape index (κ3) is 6.37. The summed E-state index contributed by atoms with van der Waals surface area (Å²) >= 11 is 7.48. The number of benzene rings is 3. The molecule has 0 spiro atoms. The Morgan fingerprint density at radius 1 is 1.00 bits per heavy atom. The van der Waals surface area contributed by atoms with Crippen LogP contribution in [-0.4, -0.2) is 27.3 Å². The molecule has 1 amide bonds. The predicted octanol–water partition coefficient (Wildman–Crippen LogP) is 5.22. The van der Waals surface area contributed by atoms with Crippen LogP contribution in [0.2, 0.25) is 5.02 Å². The van der Waals surface area contributed by atoms with Gasteiger partial charge in [-0.05, 0) is 48.9 Å². The van der Waals surface area contributed by atoms with Crippen LogP contribution in [0.15, 0.2) is 84.0 Å². The quantitative estimate of drug-likeness (QED) is 0.334. The first-order valence-corrected chi connectivity index (χ1v) is 11.8. The summed E-state index contributed by atoms with van der Waals surface area (Å²) in [5, 5.41) is 13.0. The van der Waals surface area contributed by atoms with Gasteiger partial charge in [-0.1, -0.05) is 71.4 Å². The van der Waals surface area contributed by atoms with Crippen molar-refractivity contribution in [3.63, 3.8) is 0 Å². The van der Waals surface area contributed by atoms with Gasteiger partial charge in [-0.15, -0.1) is 10.2 Å². The average molecular weight is 479 g/mol. The van der Waals surface area contributed by atoms with Gasteiger partial charge in [0.2, 0.25) is 0 Å². The molecule has 1 N–H and O–H groups in total. The van der Waals surface area contributed by atoms with Crippen LogP contribution in [0, 0.1) is 6.92 Å². The summed E-state index contributed by atoms with van der Waals surface area (Å²) in [5.74, 6) is 1.75. The zero-order valence-electron chi connectivity index (χ0n) is 18.1. The van der Waals surface area contributed by atoms with Crippen molar-refractivity contribution in [1.82, 2.24) is 20.1 Å². The first kappa shape index (κ1) is 22.9. The first-order valence-electron chi connectivity index (χ1n) is 10.4. The molecule has 4 rings (SSSR count). The van der Waals surface area contributed by atoms with E-state index in [0.29, 0.717) is 16.6 Å². The lowest BCUT2D eigenvalue weighted by Gasteiger charge is -2.12. The molecule has 168 valence electrons. The maximum atomic E-state index is 12.3. The SMILES string of the molecule is Cc1ccc(-n2c(CNC(=O)COc3ccc(Cl)cc3)nnc2SCc2ccccc2)cc1. The second-order valence-corrected chi connectivity index (χ2v) is 8.74. The monoisotopic (exact) mass is 478 g/mol. The zero-order chi connectivity index (χ0) is 23.0. The Morgan fingerprint density at radius 3 is 2.45 bits per heavy atom. The molecule has 0 atom stereocenters. The van der Waals surface area contributed by atoms with Crippen molar-refractivity contribution in [3.8, 4) is 11.4 Å². The first-order chi connectivity index (χ1) is 16.1. The van der Waals surface area contributed by atoms with Crippen LogP contribution < -0.4 is 10.1 Å². The summed E-state index contributed by atoms with van der Waals surface area (Å²) in [4.78, 5) is 12.3. The number of hydrogen-bond acceptors (Lipinski definition) is 5. The summed E-state index contributed by atoms with van der Waals surface area (Å²) < 4.78 is 7.49. The van der Waals surface area contributed by atoms with E-state index in [4.69, 9.17) is 16.3 Å². The Labute approximate surface area is 202 Å². The maximum Gasteiger partial charge on any atom is 0.258 e. The van der Waals surface area contributed by atoms with E-state index in [1.807, 2.05) is 54.0 Å². The van der Waals surface area contributed by atoms with Crippen LogP contribution >= 0.6 is 23.4 Å². The van der Waals surface area contributed by atoms with E-state index in [-0.39, 0.29) is 19.1 Å². The number of nitrogens with one attached hydrogen (secondary N) is 1.